The fourth-order valence-corrected chi connectivity index (χ4v) is 4.27. The van der Waals surface area contributed by atoms with Gasteiger partial charge in [0.15, 0.2) is 0 Å². The number of nitrogens with zero attached hydrogens (tertiary/aromatic N) is 2. The largest absolute Gasteiger partial charge is 0.356 e. The van der Waals surface area contributed by atoms with Gasteiger partial charge in [0.05, 0.1) is 28.2 Å². The van der Waals surface area contributed by atoms with E-state index < -0.39 is 0 Å². The van der Waals surface area contributed by atoms with Crippen LogP contribution in [0.2, 0.25) is 0 Å². The number of hydrogen-bond donors (Lipinski definition) is 3. The second-order valence-electron chi connectivity index (χ2n) is 8.93. The van der Waals surface area contributed by atoms with Gasteiger partial charge in [-0.05, 0) is 51.7 Å². The molecule has 3 N–H and O–H groups in total. The SMILES string of the molecule is CC1NC(=O)c2cc(-c3cccc4c(=O)n(C5CC5)c(NC5(C)CC5)nc34)[nH]c21. The lowest BCUT2D eigenvalue weighted by Gasteiger charge is -2.19. The molecule has 3 aromatic rings. The fourth-order valence-electron chi connectivity index (χ4n) is 4.27. The minimum atomic E-state index is -0.0664. The summed E-state index contributed by atoms with van der Waals surface area (Å²) in [7, 11) is 0. The molecule has 1 aromatic carbocycles. The van der Waals surface area contributed by atoms with Crippen LogP contribution < -0.4 is 16.2 Å². The van der Waals surface area contributed by atoms with Crippen LogP contribution in [0.1, 0.15) is 67.7 Å². The standard InChI is InChI=1S/C22H23N5O2/c1-11-17-15(19(28)23-11)10-16(24-17)13-4-3-5-14-18(13)25-21(26-22(2)8-9-22)27(20(14)29)12-6-7-12/h3-5,10-12,24H,6-9H2,1-2H3,(H,23,28)(H,25,26). The molecule has 2 fully saturated rings. The van der Waals surface area contributed by atoms with Crippen LogP contribution in [-0.4, -0.2) is 26.0 Å². The molecule has 0 saturated heterocycles. The van der Waals surface area contributed by atoms with Gasteiger partial charge in [0.1, 0.15) is 0 Å². The van der Waals surface area contributed by atoms with Crippen LogP contribution in [0.5, 0.6) is 0 Å². The highest BCUT2D eigenvalue weighted by Crippen LogP contribution is 2.41. The monoisotopic (exact) mass is 389 g/mol. The Morgan fingerprint density at radius 1 is 1.21 bits per heavy atom. The molecule has 6 rings (SSSR count). The zero-order valence-electron chi connectivity index (χ0n) is 16.5. The predicted octanol–water partition coefficient (Wildman–Crippen LogP) is 3.50. The highest BCUT2D eigenvalue weighted by Gasteiger charge is 2.40. The zero-order valence-corrected chi connectivity index (χ0v) is 16.5. The van der Waals surface area contributed by atoms with Crippen molar-refractivity contribution >= 4 is 22.8 Å². The molecule has 2 aromatic heterocycles. The van der Waals surface area contributed by atoms with Gasteiger partial charge in [-0.15, -0.1) is 0 Å². The lowest BCUT2D eigenvalue weighted by Crippen LogP contribution is -2.28. The first-order chi connectivity index (χ1) is 13.9. The van der Waals surface area contributed by atoms with Crippen molar-refractivity contribution in [3.8, 4) is 11.3 Å². The number of aromatic amines is 1. The number of para-hydroxylation sites is 1. The quantitative estimate of drug-likeness (QED) is 0.637. The molecule has 148 valence electrons. The summed E-state index contributed by atoms with van der Waals surface area (Å²) >= 11 is 0. The molecule has 0 radical (unpaired) electrons. The third-order valence-corrected chi connectivity index (χ3v) is 6.42. The Balaban J connectivity index is 1.57. The lowest BCUT2D eigenvalue weighted by molar-refractivity contribution is 0.0958. The summed E-state index contributed by atoms with van der Waals surface area (Å²) in [5.74, 6) is 0.603. The van der Waals surface area contributed by atoms with E-state index in [1.807, 2.05) is 35.8 Å². The van der Waals surface area contributed by atoms with Crippen molar-refractivity contribution in [2.24, 2.45) is 0 Å². The van der Waals surface area contributed by atoms with Gasteiger partial charge in [-0.1, -0.05) is 12.1 Å². The first-order valence-corrected chi connectivity index (χ1v) is 10.3. The molecular formula is C22H23N5O2. The summed E-state index contributed by atoms with van der Waals surface area (Å²) in [6.07, 6.45) is 4.22. The Hall–Kier alpha value is -3.09. The summed E-state index contributed by atoms with van der Waals surface area (Å²) in [4.78, 5) is 33.9. The first kappa shape index (κ1) is 16.8. The molecule has 7 nitrogen and oxygen atoms in total. The number of amides is 1. The maximum Gasteiger partial charge on any atom is 0.263 e. The highest BCUT2D eigenvalue weighted by atomic mass is 16.2. The maximum atomic E-state index is 13.4. The van der Waals surface area contributed by atoms with E-state index in [1.54, 1.807) is 0 Å². The minimum Gasteiger partial charge on any atom is -0.356 e. The summed E-state index contributed by atoms with van der Waals surface area (Å²) in [5.41, 5.74) is 3.94. The third kappa shape index (κ3) is 2.53. The first-order valence-electron chi connectivity index (χ1n) is 10.3. The van der Waals surface area contributed by atoms with Crippen LogP contribution in [0.15, 0.2) is 29.1 Å². The molecule has 3 aliphatic rings. The normalized spacial score (nSPS) is 21.9. The van der Waals surface area contributed by atoms with Gasteiger partial charge in [0.25, 0.3) is 11.5 Å². The van der Waals surface area contributed by atoms with Gasteiger partial charge in [0.2, 0.25) is 5.95 Å². The summed E-state index contributed by atoms with van der Waals surface area (Å²) < 4.78 is 1.85. The van der Waals surface area contributed by atoms with Crippen molar-refractivity contribution in [1.82, 2.24) is 19.9 Å². The summed E-state index contributed by atoms with van der Waals surface area (Å²) in [6, 6.07) is 7.76. The number of nitrogens with one attached hydrogen (secondary N) is 3. The van der Waals surface area contributed by atoms with Gasteiger partial charge in [0, 0.05) is 22.8 Å². The van der Waals surface area contributed by atoms with E-state index >= 15 is 0 Å². The van der Waals surface area contributed by atoms with E-state index in [2.05, 4.69) is 22.5 Å². The number of aromatic nitrogens is 3. The average molecular weight is 389 g/mol. The number of hydrogen-bond acceptors (Lipinski definition) is 4. The van der Waals surface area contributed by atoms with Gasteiger partial charge in [-0.3, -0.25) is 14.2 Å². The van der Waals surface area contributed by atoms with Gasteiger partial charge in [-0.25, -0.2) is 4.98 Å². The van der Waals surface area contributed by atoms with E-state index in [4.69, 9.17) is 4.98 Å². The van der Waals surface area contributed by atoms with E-state index in [0.717, 1.165) is 42.6 Å². The summed E-state index contributed by atoms with van der Waals surface area (Å²) in [5, 5.41) is 7.05. The second-order valence-corrected chi connectivity index (χ2v) is 8.93. The van der Waals surface area contributed by atoms with Crippen molar-refractivity contribution in [2.45, 2.75) is 57.2 Å². The van der Waals surface area contributed by atoms with Crippen LogP contribution in [0.3, 0.4) is 0 Å². The van der Waals surface area contributed by atoms with Gasteiger partial charge in [-0.2, -0.15) is 0 Å². The fraction of sp³-hybridized carbons (Fsp3) is 0.409. The Bertz CT molecular complexity index is 1250. The number of rotatable bonds is 4. The molecule has 2 saturated carbocycles. The molecule has 0 bridgehead atoms. The zero-order chi connectivity index (χ0) is 19.9. The van der Waals surface area contributed by atoms with Gasteiger partial charge < -0.3 is 15.6 Å². The number of H-pyrrole nitrogens is 1. The van der Waals surface area contributed by atoms with Crippen molar-refractivity contribution < 1.29 is 4.79 Å². The molecule has 3 heterocycles. The van der Waals surface area contributed by atoms with Crippen LogP contribution in [0.4, 0.5) is 5.95 Å². The van der Waals surface area contributed by atoms with Crippen LogP contribution in [0.25, 0.3) is 22.2 Å². The lowest BCUT2D eigenvalue weighted by atomic mass is 10.1. The highest BCUT2D eigenvalue weighted by molar-refractivity contribution is 6.01. The van der Waals surface area contributed by atoms with E-state index in [0.29, 0.717) is 22.4 Å². The van der Waals surface area contributed by atoms with E-state index in [9.17, 15) is 9.59 Å². The number of benzene rings is 1. The molecule has 0 spiro atoms. The average Bonchev–Trinajstić information content (AvgIpc) is 3.58. The Kier molecular flexibility index (Phi) is 3.19. The number of carbonyl (C=O) groups is 1. The smallest absolute Gasteiger partial charge is 0.263 e. The van der Waals surface area contributed by atoms with E-state index in [-0.39, 0.29) is 29.1 Å². The molecule has 1 amide bonds. The molecule has 1 aliphatic heterocycles. The Morgan fingerprint density at radius 2 is 2.00 bits per heavy atom. The molecular weight excluding hydrogens is 366 g/mol. The van der Waals surface area contributed by atoms with Crippen molar-refractivity contribution in [3.05, 3.63) is 45.9 Å². The molecule has 1 unspecified atom stereocenters. The Morgan fingerprint density at radius 3 is 2.69 bits per heavy atom. The van der Waals surface area contributed by atoms with Crippen molar-refractivity contribution in [1.29, 1.82) is 0 Å². The molecule has 29 heavy (non-hydrogen) atoms. The predicted molar refractivity (Wildman–Crippen MR) is 111 cm³/mol. The third-order valence-electron chi connectivity index (χ3n) is 6.42. The number of fused-ring (bicyclic) bond motifs is 2. The molecule has 2 aliphatic carbocycles. The van der Waals surface area contributed by atoms with Crippen LogP contribution in [0, 0.1) is 0 Å². The summed E-state index contributed by atoms with van der Waals surface area (Å²) in [6.45, 7) is 4.13. The van der Waals surface area contributed by atoms with Crippen LogP contribution >= 0.6 is 0 Å². The topological polar surface area (TPSA) is 91.8 Å². The number of anilines is 1. The molecule has 1 atom stereocenters. The number of carbonyl (C=O) groups excluding carboxylic acids is 1. The second kappa shape index (κ2) is 5.49. The van der Waals surface area contributed by atoms with Crippen LogP contribution in [-0.2, 0) is 0 Å². The maximum absolute atomic E-state index is 13.4. The van der Waals surface area contributed by atoms with Gasteiger partial charge >= 0.3 is 0 Å². The minimum absolute atomic E-state index is 0.0105. The Labute approximate surface area is 167 Å². The van der Waals surface area contributed by atoms with Crippen molar-refractivity contribution in [2.75, 3.05) is 5.32 Å². The molecule has 7 heteroatoms. The van der Waals surface area contributed by atoms with Crippen molar-refractivity contribution in [3.63, 3.8) is 0 Å². The van der Waals surface area contributed by atoms with E-state index in [1.165, 1.54) is 0 Å².